The van der Waals surface area contributed by atoms with E-state index in [2.05, 4.69) is 15.1 Å². The molecule has 1 saturated heterocycles. The maximum Gasteiger partial charge on any atom is 0.293 e. The van der Waals surface area contributed by atoms with E-state index in [4.69, 9.17) is 4.52 Å². The molecule has 1 aliphatic heterocycles. The molecule has 1 fully saturated rings. The van der Waals surface area contributed by atoms with Crippen molar-refractivity contribution in [2.45, 2.75) is 32.2 Å². The summed E-state index contributed by atoms with van der Waals surface area (Å²) < 4.78 is 4.95. The Kier molecular flexibility index (Phi) is 3.12. The van der Waals surface area contributed by atoms with Crippen molar-refractivity contribution in [1.82, 2.24) is 20.0 Å². The lowest BCUT2D eigenvalue weighted by Gasteiger charge is -2.33. The Bertz CT molecular complexity index is 722. The van der Waals surface area contributed by atoms with Gasteiger partial charge in [0.2, 0.25) is 5.76 Å². The highest BCUT2D eigenvalue weighted by atomic mass is 16.5. The topological polar surface area (TPSA) is 92.1 Å². The normalized spacial score (nSPS) is 21.7. The molecule has 0 bridgehead atoms. The molecular weight excluding hydrogens is 272 g/mol. The maximum absolute atomic E-state index is 12.5. The van der Waals surface area contributed by atoms with E-state index in [-0.39, 0.29) is 17.2 Å². The molecule has 2 aromatic heterocycles. The third-order valence-corrected chi connectivity index (χ3v) is 3.91. The third kappa shape index (κ3) is 2.24. The minimum absolute atomic E-state index is 0.193. The van der Waals surface area contributed by atoms with Gasteiger partial charge in [0, 0.05) is 24.4 Å². The van der Waals surface area contributed by atoms with Crippen molar-refractivity contribution in [2.75, 3.05) is 6.54 Å². The van der Waals surface area contributed by atoms with Gasteiger partial charge in [-0.05, 0) is 26.7 Å². The summed E-state index contributed by atoms with van der Waals surface area (Å²) in [5, 5.41) is 3.57. The van der Waals surface area contributed by atoms with Crippen LogP contribution in [0.5, 0.6) is 0 Å². The van der Waals surface area contributed by atoms with Crippen LogP contribution in [-0.2, 0) is 5.54 Å². The lowest BCUT2D eigenvalue weighted by Crippen LogP contribution is -2.44. The molecule has 21 heavy (non-hydrogen) atoms. The average Bonchev–Trinajstić information content (AvgIpc) is 3.06. The molecule has 0 aliphatic carbocycles. The quantitative estimate of drug-likeness (QED) is 0.897. The first kappa shape index (κ1) is 13.5. The van der Waals surface area contributed by atoms with Gasteiger partial charge >= 0.3 is 0 Å². The van der Waals surface area contributed by atoms with Crippen LogP contribution in [0.2, 0.25) is 0 Å². The van der Waals surface area contributed by atoms with Crippen LogP contribution in [0, 0.1) is 6.92 Å². The van der Waals surface area contributed by atoms with Crippen molar-refractivity contribution in [1.29, 1.82) is 0 Å². The summed E-state index contributed by atoms with van der Waals surface area (Å²) in [6.07, 6.45) is 3.01. The number of carbonyl (C=O) groups is 1. The van der Waals surface area contributed by atoms with E-state index in [1.165, 1.54) is 18.3 Å². The van der Waals surface area contributed by atoms with Gasteiger partial charge < -0.3 is 14.4 Å². The molecule has 7 nitrogen and oxygen atoms in total. The molecule has 1 atom stereocenters. The van der Waals surface area contributed by atoms with Crippen molar-refractivity contribution in [3.8, 4) is 0 Å². The van der Waals surface area contributed by atoms with Crippen molar-refractivity contribution in [2.24, 2.45) is 0 Å². The molecule has 110 valence electrons. The monoisotopic (exact) mass is 288 g/mol. The smallest absolute Gasteiger partial charge is 0.293 e. The Labute approximate surface area is 121 Å². The molecule has 0 unspecified atom stereocenters. The molecule has 0 radical (unpaired) electrons. The van der Waals surface area contributed by atoms with Crippen LogP contribution in [0.4, 0.5) is 0 Å². The number of likely N-dealkylation sites (tertiary alicyclic amines) is 1. The number of hydrogen-bond acceptors (Lipinski definition) is 5. The second kappa shape index (κ2) is 4.83. The van der Waals surface area contributed by atoms with Gasteiger partial charge in [0.1, 0.15) is 5.82 Å². The number of H-pyrrole nitrogens is 1. The fraction of sp³-hybridized carbons (Fsp3) is 0.429. The van der Waals surface area contributed by atoms with Gasteiger partial charge in [-0.25, -0.2) is 4.98 Å². The zero-order chi connectivity index (χ0) is 15.0. The Morgan fingerprint density at radius 1 is 1.52 bits per heavy atom. The molecular formula is C14H16N4O3. The van der Waals surface area contributed by atoms with Gasteiger partial charge in [0.05, 0.1) is 11.7 Å². The van der Waals surface area contributed by atoms with Crippen LogP contribution >= 0.6 is 0 Å². The lowest BCUT2D eigenvalue weighted by atomic mass is 9.97. The molecule has 2 aromatic rings. The summed E-state index contributed by atoms with van der Waals surface area (Å²) >= 11 is 0. The molecule has 1 aliphatic rings. The van der Waals surface area contributed by atoms with Gasteiger partial charge in [-0.1, -0.05) is 5.16 Å². The minimum Gasteiger partial charge on any atom is -0.351 e. The molecule has 1 amide bonds. The standard InChI is InChI=1S/C14H16N4O3/c1-9-8-11(19)17-13(16-9)14(2)5-3-7-18(14)12(20)10-4-6-15-21-10/h4,6,8H,3,5,7H2,1-2H3,(H,16,17,19)/t14-/m0/s1. The summed E-state index contributed by atoms with van der Waals surface area (Å²) in [6, 6.07) is 2.97. The molecule has 0 saturated carbocycles. The molecule has 0 spiro atoms. The fourth-order valence-corrected chi connectivity index (χ4v) is 2.83. The van der Waals surface area contributed by atoms with Gasteiger partial charge in [0.25, 0.3) is 11.5 Å². The van der Waals surface area contributed by atoms with Crippen molar-refractivity contribution in [3.63, 3.8) is 0 Å². The van der Waals surface area contributed by atoms with E-state index in [0.717, 1.165) is 12.8 Å². The number of rotatable bonds is 2. The molecule has 1 N–H and O–H groups in total. The summed E-state index contributed by atoms with van der Waals surface area (Å²) in [6.45, 7) is 4.26. The number of nitrogens with one attached hydrogen (secondary N) is 1. The summed E-state index contributed by atoms with van der Waals surface area (Å²) in [7, 11) is 0. The van der Waals surface area contributed by atoms with E-state index in [0.29, 0.717) is 18.1 Å². The molecule has 3 heterocycles. The largest absolute Gasteiger partial charge is 0.351 e. The summed E-state index contributed by atoms with van der Waals surface area (Å²) in [4.78, 5) is 33.1. The van der Waals surface area contributed by atoms with Crippen LogP contribution in [-0.4, -0.2) is 32.5 Å². The number of aromatic amines is 1. The maximum atomic E-state index is 12.5. The highest BCUT2D eigenvalue weighted by molar-refractivity contribution is 5.92. The highest BCUT2D eigenvalue weighted by Gasteiger charge is 2.44. The highest BCUT2D eigenvalue weighted by Crippen LogP contribution is 2.37. The SMILES string of the molecule is Cc1cc(=O)[nH]c([C@]2(C)CCCN2C(=O)c2ccno2)n1. The number of aryl methyl sites for hydroxylation is 1. The number of nitrogens with zero attached hydrogens (tertiary/aromatic N) is 3. The zero-order valence-corrected chi connectivity index (χ0v) is 11.9. The second-order valence-corrected chi connectivity index (χ2v) is 5.45. The van der Waals surface area contributed by atoms with E-state index in [1.54, 1.807) is 11.8 Å². The Balaban J connectivity index is 2.02. The van der Waals surface area contributed by atoms with Crippen LogP contribution in [0.1, 0.15) is 41.8 Å². The molecule has 7 heteroatoms. The number of aromatic nitrogens is 3. The number of amides is 1. The first-order valence-corrected chi connectivity index (χ1v) is 6.82. The van der Waals surface area contributed by atoms with Crippen LogP contribution in [0.25, 0.3) is 0 Å². The van der Waals surface area contributed by atoms with Gasteiger partial charge in [-0.3, -0.25) is 9.59 Å². The lowest BCUT2D eigenvalue weighted by molar-refractivity contribution is 0.0560. The summed E-state index contributed by atoms with van der Waals surface area (Å²) in [5.41, 5.74) is -0.221. The first-order valence-electron chi connectivity index (χ1n) is 6.82. The van der Waals surface area contributed by atoms with E-state index in [1.807, 2.05) is 6.92 Å². The Morgan fingerprint density at radius 2 is 2.33 bits per heavy atom. The fourth-order valence-electron chi connectivity index (χ4n) is 2.83. The minimum atomic E-state index is -0.644. The van der Waals surface area contributed by atoms with Gasteiger partial charge in [0.15, 0.2) is 0 Å². The predicted molar refractivity (Wildman–Crippen MR) is 73.7 cm³/mol. The van der Waals surface area contributed by atoms with Gasteiger partial charge in [-0.15, -0.1) is 0 Å². The van der Waals surface area contributed by atoms with Crippen LogP contribution < -0.4 is 5.56 Å². The molecule has 0 aromatic carbocycles. The average molecular weight is 288 g/mol. The van der Waals surface area contributed by atoms with Crippen LogP contribution in [0.15, 0.2) is 27.6 Å². The van der Waals surface area contributed by atoms with E-state index < -0.39 is 5.54 Å². The van der Waals surface area contributed by atoms with Crippen molar-refractivity contribution >= 4 is 5.91 Å². The zero-order valence-electron chi connectivity index (χ0n) is 11.9. The van der Waals surface area contributed by atoms with Crippen molar-refractivity contribution in [3.05, 3.63) is 46.0 Å². The number of hydrogen-bond donors (Lipinski definition) is 1. The molecule has 3 rings (SSSR count). The van der Waals surface area contributed by atoms with Gasteiger partial charge in [-0.2, -0.15) is 0 Å². The van der Waals surface area contributed by atoms with Crippen LogP contribution in [0.3, 0.4) is 0 Å². The third-order valence-electron chi connectivity index (χ3n) is 3.91. The predicted octanol–water partition coefficient (Wildman–Crippen LogP) is 1.22. The van der Waals surface area contributed by atoms with E-state index in [9.17, 15) is 9.59 Å². The first-order chi connectivity index (χ1) is 10.0. The van der Waals surface area contributed by atoms with E-state index >= 15 is 0 Å². The van der Waals surface area contributed by atoms with Crippen molar-refractivity contribution < 1.29 is 9.32 Å². The second-order valence-electron chi connectivity index (χ2n) is 5.45. The number of carbonyl (C=O) groups excluding carboxylic acids is 1. The Morgan fingerprint density at radius 3 is 3.00 bits per heavy atom. The summed E-state index contributed by atoms with van der Waals surface area (Å²) in [5.74, 6) is 0.465. The Hall–Kier alpha value is -2.44.